The summed E-state index contributed by atoms with van der Waals surface area (Å²) in [5, 5.41) is 4.20. The minimum atomic E-state index is 0.815. The van der Waals surface area contributed by atoms with Crippen LogP contribution in [-0.4, -0.2) is 38.2 Å². The molecule has 1 N–H and O–H groups in total. The average molecular weight is 255 g/mol. The molecule has 2 heterocycles. The maximum atomic E-state index is 4.58. The van der Waals surface area contributed by atoms with Crippen LogP contribution in [0.3, 0.4) is 0 Å². The van der Waals surface area contributed by atoms with Crippen LogP contribution < -0.4 is 0 Å². The Balaban J connectivity index is 1.60. The van der Waals surface area contributed by atoms with E-state index in [1.165, 1.54) is 0 Å². The highest BCUT2D eigenvalue weighted by Crippen LogP contribution is 2.11. The number of para-hydroxylation sites is 2. The normalized spacial score (nSPS) is 11.5. The summed E-state index contributed by atoms with van der Waals surface area (Å²) in [6, 6.07) is 10.0. The van der Waals surface area contributed by atoms with Crippen LogP contribution in [0.15, 0.2) is 42.7 Å². The lowest BCUT2D eigenvalue weighted by Crippen LogP contribution is -2.23. The van der Waals surface area contributed by atoms with Crippen LogP contribution in [0, 0.1) is 0 Å². The Labute approximate surface area is 111 Å². The van der Waals surface area contributed by atoms with Gasteiger partial charge in [0.15, 0.2) is 0 Å². The summed E-state index contributed by atoms with van der Waals surface area (Å²) in [6.07, 6.45) is 3.79. The van der Waals surface area contributed by atoms with Crippen LogP contribution in [0.1, 0.15) is 5.82 Å². The number of benzene rings is 1. The van der Waals surface area contributed by atoms with Gasteiger partial charge in [-0.05, 0) is 25.2 Å². The fourth-order valence-electron chi connectivity index (χ4n) is 2.12. The molecule has 0 amide bonds. The molecule has 3 rings (SSSR count). The summed E-state index contributed by atoms with van der Waals surface area (Å²) >= 11 is 0. The molecule has 0 aliphatic carbocycles. The molecule has 0 aliphatic rings. The molecular formula is C14H17N5. The van der Waals surface area contributed by atoms with Crippen molar-refractivity contribution in [3.05, 3.63) is 48.5 Å². The zero-order valence-corrected chi connectivity index (χ0v) is 11.0. The first-order valence-electron chi connectivity index (χ1n) is 6.41. The largest absolute Gasteiger partial charge is 0.341 e. The van der Waals surface area contributed by atoms with Gasteiger partial charge in [-0.2, -0.15) is 5.10 Å². The van der Waals surface area contributed by atoms with Gasteiger partial charge in [-0.15, -0.1) is 0 Å². The molecule has 0 unspecified atom stereocenters. The van der Waals surface area contributed by atoms with Crippen molar-refractivity contribution in [1.82, 2.24) is 24.6 Å². The number of imidazole rings is 1. The number of H-pyrrole nitrogens is 1. The van der Waals surface area contributed by atoms with Gasteiger partial charge in [0.25, 0.3) is 0 Å². The van der Waals surface area contributed by atoms with Crippen molar-refractivity contribution < 1.29 is 0 Å². The Kier molecular flexibility index (Phi) is 3.29. The summed E-state index contributed by atoms with van der Waals surface area (Å²) in [7, 11) is 2.09. The van der Waals surface area contributed by atoms with Crippen LogP contribution in [0.5, 0.6) is 0 Å². The lowest BCUT2D eigenvalue weighted by molar-refractivity contribution is 0.299. The fourth-order valence-corrected chi connectivity index (χ4v) is 2.12. The molecule has 0 saturated carbocycles. The van der Waals surface area contributed by atoms with Crippen molar-refractivity contribution in [3.8, 4) is 0 Å². The first-order valence-corrected chi connectivity index (χ1v) is 6.41. The molecule has 0 bridgehead atoms. The van der Waals surface area contributed by atoms with E-state index >= 15 is 0 Å². The smallest absolute Gasteiger partial charge is 0.121 e. The first-order chi connectivity index (χ1) is 9.31. The quantitative estimate of drug-likeness (QED) is 0.757. The maximum Gasteiger partial charge on any atom is 0.121 e. The molecule has 0 saturated heterocycles. The Morgan fingerprint density at radius 1 is 1.26 bits per heavy atom. The number of nitrogens with one attached hydrogen (secondary N) is 1. The molecule has 0 spiro atoms. The van der Waals surface area contributed by atoms with Crippen molar-refractivity contribution in [3.63, 3.8) is 0 Å². The number of rotatable bonds is 5. The Bertz CT molecular complexity index is 608. The molecule has 5 nitrogen and oxygen atoms in total. The second-order valence-electron chi connectivity index (χ2n) is 4.71. The maximum absolute atomic E-state index is 4.58. The van der Waals surface area contributed by atoms with Crippen LogP contribution in [0.25, 0.3) is 11.0 Å². The topological polar surface area (TPSA) is 49.7 Å². The van der Waals surface area contributed by atoms with Crippen molar-refractivity contribution >= 4 is 11.0 Å². The van der Waals surface area contributed by atoms with Gasteiger partial charge in [-0.25, -0.2) is 4.98 Å². The highest BCUT2D eigenvalue weighted by atomic mass is 15.3. The van der Waals surface area contributed by atoms with E-state index < -0.39 is 0 Å². The fraction of sp³-hybridized carbons (Fsp3) is 0.286. The predicted octanol–water partition coefficient (Wildman–Crippen LogP) is 1.89. The molecule has 0 radical (unpaired) electrons. The van der Waals surface area contributed by atoms with Gasteiger partial charge in [0.1, 0.15) is 5.82 Å². The van der Waals surface area contributed by atoms with Crippen molar-refractivity contribution in [2.45, 2.75) is 13.1 Å². The van der Waals surface area contributed by atoms with Gasteiger partial charge in [-0.3, -0.25) is 9.58 Å². The minimum Gasteiger partial charge on any atom is -0.341 e. The van der Waals surface area contributed by atoms with Gasteiger partial charge in [0, 0.05) is 18.9 Å². The van der Waals surface area contributed by atoms with Gasteiger partial charge in [-0.1, -0.05) is 12.1 Å². The first kappa shape index (κ1) is 11.9. The van der Waals surface area contributed by atoms with E-state index in [0.29, 0.717) is 0 Å². The minimum absolute atomic E-state index is 0.815. The van der Waals surface area contributed by atoms with Crippen molar-refractivity contribution in [2.24, 2.45) is 0 Å². The summed E-state index contributed by atoms with van der Waals surface area (Å²) in [6.45, 7) is 2.65. The second-order valence-corrected chi connectivity index (χ2v) is 4.71. The lowest BCUT2D eigenvalue weighted by Gasteiger charge is -2.14. The summed E-state index contributed by atoms with van der Waals surface area (Å²) in [5.74, 6) is 1.00. The number of likely N-dealkylation sites (N-methyl/N-ethyl adjacent to an activating group) is 1. The summed E-state index contributed by atoms with van der Waals surface area (Å²) in [4.78, 5) is 10.2. The number of aromatic nitrogens is 4. The van der Waals surface area contributed by atoms with Gasteiger partial charge < -0.3 is 4.98 Å². The molecular weight excluding hydrogens is 238 g/mol. The van der Waals surface area contributed by atoms with Crippen LogP contribution in [-0.2, 0) is 13.1 Å². The van der Waals surface area contributed by atoms with Gasteiger partial charge >= 0.3 is 0 Å². The molecule has 0 fully saturated rings. The van der Waals surface area contributed by atoms with E-state index in [-0.39, 0.29) is 0 Å². The van der Waals surface area contributed by atoms with E-state index in [1.54, 1.807) is 6.20 Å². The summed E-state index contributed by atoms with van der Waals surface area (Å²) in [5.41, 5.74) is 2.12. The molecule has 1 aromatic carbocycles. The zero-order chi connectivity index (χ0) is 13.1. The van der Waals surface area contributed by atoms with Crippen LogP contribution in [0.2, 0.25) is 0 Å². The Morgan fingerprint density at radius 3 is 2.95 bits per heavy atom. The lowest BCUT2D eigenvalue weighted by atomic mass is 10.3. The van der Waals surface area contributed by atoms with E-state index in [1.807, 2.05) is 35.1 Å². The SMILES string of the molecule is CN(CCn1cccn1)Cc1nc2ccccc2[nH]1. The molecule has 19 heavy (non-hydrogen) atoms. The Morgan fingerprint density at radius 2 is 2.16 bits per heavy atom. The van der Waals surface area contributed by atoms with E-state index in [2.05, 4.69) is 33.1 Å². The third-order valence-electron chi connectivity index (χ3n) is 3.13. The second kappa shape index (κ2) is 5.24. The van der Waals surface area contributed by atoms with Gasteiger partial charge in [0.05, 0.1) is 24.1 Å². The molecule has 3 aromatic rings. The molecule has 2 aromatic heterocycles. The number of aromatic amines is 1. The standard InChI is InChI=1S/C14H17N5/c1-18(9-10-19-8-4-7-15-19)11-14-16-12-5-2-3-6-13(12)17-14/h2-8H,9-11H2,1H3,(H,16,17). The van der Waals surface area contributed by atoms with Gasteiger partial charge in [0.2, 0.25) is 0 Å². The highest BCUT2D eigenvalue weighted by molar-refractivity contribution is 5.74. The number of hydrogen-bond acceptors (Lipinski definition) is 3. The number of fused-ring (bicyclic) bond motifs is 1. The molecule has 98 valence electrons. The molecule has 0 atom stereocenters. The van der Waals surface area contributed by atoms with Crippen LogP contribution in [0.4, 0.5) is 0 Å². The van der Waals surface area contributed by atoms with E-state index in [4.69, 9.17) is 0 Å². The van der Waals surface area contributed by atoms with E-state index in [0.717, 1.165) is 36.5 Å². The van der Waals surface area contributed by atoms with Crippen molar-refractivity contribution in [1.29, 1.82) is 0 Å². The zero-order valence-electron chi connectivity index (χ0n) is 11.0. The number of hydrogen-bond donors (Lipinski definition) is 1. The third-order valence-corrected chi connectivity index (χ3v) is 3.13. The number of nitrogens with zero attached hydrogens (tertiary/aromatic N) is 4. The van der Waals surface area contributed by atoms with E-state index in [9.17, 15) is 0 Å². The Hall–Kier alpha value is -2.14. The highest BCUT2D eigenvalue weighted by Gasteiger charge is 2.05. The monoisotopic (exact) mass is 255 g/mol. The summed E-state index contributed by atoms with van der Waals surface area (Å²) < 4.78 is 1.94. The molecule has 5 heteroatoms. The third kappa shape index (κ3) is 2.82. The van der Waals surface area contributed by atoms with Crippen LogP contribution >= 0.6 is 0 Å². The predicted molar refractivity (Wildman–Crippen MR) is 74.7 cm³/mol. The van der Waals surface area contributed by atoms with Crippen molar-refractivity contribution in [2.75, 3.05) is 13.6 Å². The average Bonchev–Trinajstić information content (AvgIpc) is 3.04. The molecule has 0 aliphatic heterocycles.